The van der Waals surface area contributed by atoms with Crippen molar-refractivity contribution in [2.45, 2.75) is 25.8 Å². The summed E-state index contributed by atoms with van der Waals surface area (Å²) in [6, 6.07) is 9.71. The third-order valence-corrected chi connectivity index (χ3v) is 4.81. The number of aryl methyl sites for hydroxylation is 1. The largest absolute Gasteiger partial charge is 0.328 e. The molecule has 0 spiro atoms. The number of hydrogen-bond donors (Lipinski definition) is 1. The molecule has 0 bridgehead atoms. The predicted octanol–water partition coefficient (Wildman–Crippen LogP) is 3.32. The van der Waals surface area contributed by atoms with Crippen LogP contribution in [0.4, 0.5) is 11.6 Å². The lowest BCUT2D eigenvalue weighted by Gasteiger charge is -2.13. The Morgan fingerprint density at radius 1 is 1.31 bits per heavy atom. The minimum atomic E-state index is -0.187. The fourth-order valence-electron chi connectivity index (χ4n) is 3.03. The van der Waals surface area contributed by atoms with Crippen LogP contribution in [0.3, 0.4) is 0 Å². The van der Waals surface area contributed by atoms with E-state index in [9.17, 15) is 4.79 Å². The molecule has 3 aromatic rings. The van der Waals surface area contributed by atoms with Gasteiger partial charge in [-0.05, 0) is 37.5 Å². The highest BCUT2D eigenvalue weighted by molar-refractivity contribution is 5.94. The monoisotopic (exact) mass is 387 g/mol. The molecule has 0 aliphatic heterocycles. The molecule has 2 aromatic heterocycles. The van der Waals surface area contributed by atoms with Crippen molar-refractivity contribution in [1.29, 1.82) is 5.26 Å². The van der Waals surface area contributed by atoms with Crippen molar-refractivity contribution in [1.82, 2.24) is 24.6 Å². The molecule has 1 saturated carbocycles. The summed E-state index contributed by atoms with van der Waals surface area (Å²) in [5.74, 6) is 0.308. The van der Waals surface area contributed by atoms with E-state index in [1.54, 1.807) is 31.6 Å². The number of aromatic nitrogens is 4. The van der Waals surface area contributed by atoms with Gasteiger partial charge in [0.15, 0.2) is 0 Å². The highest BCUT2D eigenvalue weighted by Crippen LogP contribution is 2.34. The zero-order chi connectivity index (χ0) is 20.4. The highest BCUT2D eigenvalue weighted by Gasteiger charge is 2.24. The van der Waals surface area contributed by atoms with E-state index in [0.29, 0.717) is 17.6 Å². The molecule has 0 saturated heterocycles. The number of nitriles is 1. The number of nitrogens with zero attached hydrogens (tertiary/aromatic N) is 6. The Bertz CT molecular complexity index is 1080. The van der Waals surface area contributed by atoms with Crippen molar-refractivity contribution in [3.8, 4) is 17.3 Å². The minimum absolute atomic E-state index is 0.0535. The molecular formula is C21H21N7O. The number of carbonyl (C=O) groups is 1. The second-order valence-corrected chi connectivity index (χ2v) is 7.19. The summed E-state index contributed by atoms with van der Waals surface area (Å²) in [6.07, 6.45) is 7.88. The molecule has 0 atom stereocenters. The summed E-state index contributed by atoms with van der Waals surface area (Å²) in [5.41, 5.74) is 4.00. The first-order valence-corrected chi connectivity index (χ1v) is 9.43. The number of hydrogen-bond acceptors (Lipinski definition) is 6. The van der Waals surface area contributed by atoms with Crippen LogP contribution in [0.25, 0.3) is 11.3 Å². The Labute approximate surface area is 168 Å². The van der Waals surface area contributed by atoms with Crippen molar-refractivity contribution >= 4 is 17.5 Å². The predicted molar refractivity (Wildman–Crippen MR) is 109 cm³/mol. The van der Waals surface area contributed by atoms with Crippen LogP contribution in [0.2, 0.25) is 0 Å². The number of rotatable bonds is 6. The van der Waals surface area contributed by atoms with Crippen LogP contribution in [0.1, 0.15) is 34.8 Å². The van der Waals surface area contributed by atoms with E-state index in [1.165, 1.54) is 17.7 Å². The van der Waals surface area contributed by atoms with Gasteiger partial charge in [-0.2, -0.15) is 10.4 Å². The zero-order valence-electron chi connectivity index (χ0n) is 16.3. The SMILES string of the molecule is Cc1cnc(Nc2cnn(C3CC3)c2)nc1-c1ccc(C(=O)N(C)CC#N)cc1. The Balaban J connectivity index is 1.53. The molecular weight excluding hydrogens is 366 g/mol. The Hall–Kier alpha value is -3.73. The van der Waals surface area contributed by atoms with E-state index < -0.39 is 0 Å². The molecule has 1 N–H and O–H groups in total. The van der Waals surface area contributed by atoms with E-state index >= 15 is 0 Å². The van der Waals surface area contributed by atoms with E-state index in [4.69, 9.17) is 5.26 Å². The van der Waals surface area contributed by atoms with Gasteiger partial charge in [-0.15, -0.1) is 0 Å². The summed E-state index contributed by atoms with van der Waals surface area (Å²) in [5, 5.41) is 16.3. The Morgan fingerprint density at radius 3 is 2.76 bits per heavy atom. The number of benzene rings is 1. The number of carbonyl (C=O) groups excluding carboxylic acids is 1. The lowest BCUT2D eigenvalue weighted by molar-refractivity contribution is 0.0812. The van der Waals surface area contributed by atoms with Crippen LogP contribution in [0.15, 0.2) is 42.9 Å². The van der Waals surface area contributed by atoms with Gasteiger partial charge < -0.3 is 10.2 Å². The summed E-state index contributed by atoms with van der Waals surface area (Å²) in [6.45, 7) is 2.00. The first-order chi connectivity index (χ1) is 14.0. The second-order valence-electron chi connectivity index (χ2n) is 7.19. The first-order valence-electron chi connectivity index (χ1n) is 9.43. The van der Waals surface area contributed by atoms with Gasteiger partial charge in [-0.1, -0.05) is 12.1 Å². The van der Waals surface area contributed by atoms with Crippen LogP contribution in [-0.2, 0) is 0 Å². The zero-order valence-corrected chi connectivity index (χ0v) is 16.3. The smallest absolute Gasteiger partial charge is 0.254 e. The van der Waals surface area contributed by atoms with Crippen molar-refractivity contribution in [2.24, 2.45) is 0 Å². The topological polar surface area (TPSA) is 99.7 Å². The molecule has 1 aromatic carbocycles. The standard InChI is InChI=1S/C21H21N7O/c1-14-11-23-21(25-17-12-24-28(13-17)18-7-8-18)26-19(14)15-3-5-16(6-4-15)20(29)27(2)10-9-22/h3-6,11-13,18H,7-8,10H2,1-2H3,(H,23,25,26). The molecule has 8 nitrogen and oxygen atoms in total. The fraction of sp³-hybridized carbons (Fsp3) is 0.286. The second kappa shape index (κ2) is 7.72. The maximum Gasteiger partial charge on any atom is 0.254 e. The summed E-state index contributed by atoms with van der Waals surface area (Å²) in [7, 11) is 1.61. The average Bonchev–Trinajstić information content (AvgIpc) is 3.48. The third kappa shape index (κ3) is 4.09. The molecule has 1 aliphatic carbocycles. The van der Waals surface area contributed by atoms with Gasteiger partial charge >= 0.3 is 0 Å². The lowest BCUT2D eigenvalue weighted by Crippen LogP contribution is -2.26. The number of amides is 1. The van der Waals surface area contributed by atoms with Crippen LogP contribution < -0.4 is 5.32 Å². The maximum absolute atomic E-state index is 12.3. The van der Waals surface area contributed by atoms with E-state index in [0.717, 1.165) is 22.5 Å². The van der Waals surface area contributed by atoms with Crippen LogP contribution >= 0.6 is 0 Å². The first kappa shape index (κ1) is 18.6. The highest BCUT2D eigenvalue weighted by atomic mass is 16.2. The van der Waals surface area contributed by atoms with Gasteiger partial charge in [-0.3, -0.25) is 9.48 Å². The van der Waals surface area contributed by atoms with Gasteiger partial charge in [-0.25, -0.2) is 9.97 Å². The molecule has 1 aliphatic rings. The van der Waals surface area contributed by atoms with Crippen molar-refractivity contribution in [3.05, 3.63) is 54.0 Å². The molecule has 1 amide bonds. The molecule has 8 heteroatoms. The summed E-state index contributed by atoms with van der Waals surface area (Å²) in [4.78, 5) is 22.7. The van der Waals surface area contributed by atoms with E-state index in [2.05, 4.69) is 20.4 Å². The van der Waals surface area contributed by atoms with Crippen molar-refractivity contribution < 1.29 is 4.79 Å². The molecule has 1 fully saturated rings. The fourth-order valence-corrected chi connectivity index (χ4v) is 3.03. The number of nitrogens with one attached hydrogen (secondary N) is 1. The molecule has 4 rings (SSSR count). The van der Waals surface area contributed by atoms with Crippen molar-refractivity contribution in [3.63, 3.8) is 0 Å². The number of anilines is 2. The average molecular weight is 387 g/mol. The van der Waals surface area contributed by atoms with Crippen LogP contribution in [0.5, 0.6) is 0 Å². The summed E-state index contributed by atoms with van der Waals surface area (Å²) < 4.78 is 1.97. The minimum Gasteiger partial charge on any atom is -0.328 e. The molecule has 29 heavy (non-hydrogen) atoms. The van der Waals surface area contributed by atoms with E-state index in [1.807, 2.05) is 36.0 Å². The maximum atomic E-state index is 12.3. The quantitative estimate of drug-likeness (QED) is 0.651. The molecule has 0 unspecified atom stereocenters. The lowest BCUT2D eigenvalue weighted by atomic mass is 10.1. The van der Waals surface area contributed by atoms with Gasteiger partial charge in [0.1, 0.15) is 6.54 Å². The molecule has 0 radical (unpaired) electrons. The van der Waals surface area contributed by atoms with Gasteiger partial charge in [0.05, 0.1) is 29.7 Å². The summed E-state index contributed by atoms with van der Waals surface area (Å²) >= 11 is 0. The van der Waals surface area contributed by atoms with Crippen molar-refractivity contribution in [2.75, 3.05) is 18.9 Å². The third-order valence-electron chi connectivity index (χ3n) is 4.81. The van der Waals surface area contributed by atoms with Gasteiger partial charge in [0.2, 0.25) is 5.95 Å². The van der Waals surface area contributed by atoms with Crippen LogP contribution in [0, 0.1) is 18.3 Å². The van der Waals surface area contributed by atoms with Gasteiger partial charge in [0.25, 0.3) is 5.91 Å². The molecule has 146 valence electrons. The van der Waals surface area contributed by atoms with Crippen LogP contribution in [-0.4, -0.2) is 44.1 Å². The van der Waals surface area contributed by atoms with Gasteiger partial charge in [0, 0.05) is 30.6 Å². The Kier molecular flexibility index (Phi) is 4.96. The van der Waals surface area contributed by atoms with E-state index in [-0.39, 0.29) is 12.5 Å². The normalized spacial score (nSPS) is 13.0. The Morgan fingerprint density at radius 2 is 2.07 bits per heavy atom. The molecule has 2 heterocycles.